The van der Waals surface area contributed by atoms with Crippen LogP contribution in [0.15, 0.2) is 11.7 Å². The molecular formula is C11H16N2O2S. The van der Waals surface area contributed by atoms with Crippen LogP contribution in [0.4, 0.5) is 0 Å². The van der Waals surface area contributed by atoms with Crippen molar-refractivity contribution in [3.63, 3.8) is 0 Å². The number of aromatic nitrogens is 1. The Labute approximate surface area is 99.0 Å². The van der Waals surface area contributed by atoms with E-state index in [1.54, 1.807) is 11.7 Å². The smallest absolute Gasteiger partial charge is 0.328 e. The molecule has 1 aromatic heterocycles. The molecule has 2 rings (SSSR count). The third-order valence-electron chi connectivity index (χ3n) is 2.93. The molecule has 1 aromatic rings. The second kappa shape index (κ2) is 5.41. The highest BCUT2D eigenvalue weighted by Crippen LogP contribution is 2.24. The molecule has 1 fully saturated rings. The van der Waals surface area contributed by atoms with Crippen LogP contribution in [0.1, 0.15) is 36.6 Å². The van der Waals surface area contributed by atoms with Gasteiger partial charge in [-0.25, -0.2) is 4.79 Å². The van der Waals surface area contributed by atoms with E-state index in [9.17, 15) is 4.79 Å². The van der Waals surface area contributed by atoms with Gasteiger partial charge >= 0.3 is 5.97 Å². The van der Waals surface area contributed by atoms with Gasteiger partial charge < -0.3 is 4.74 Å². The van der Waals surface area contributed by atoms with E-state index in [4.69, 9.17) is 4.74 Å². The Morgan fingerprint density at radius 1 is 1.62 bits per heavy atom. The predicted octanol–water partition coefficient (Wildman–Crippen LogP) is 1.89. The highest BCUT2D eigenvalue weighted by Gasteiger charge is 2.27. The number of methoxy groups -OCH3 is 1. The van der Waals surface area contributed by atoms with Crippen LogP contribution in [-0.4, -0.2) is 24.1 Å². The summed E-state index contributed by atoms with van der Waals surface area (Å²) in [6, 6.07) is 0.0896. The van der Waals surface area contributed by atoms with E-state index in [1.165, 1.54) is 31.3 Å². The molecule has 1 heterocycles. The van der Waals surface area contributed by atoms with Crippen molar-refractivity contribution in [2.75, 3.05) is 7.11 Å². The topological polar surface area (TPSA) is 51.2 Å². The molecule has 0 radical (unpaired) electrons. The summed E-state index contributed by atoms with van der Waals surface area (Å²) in [5.74, 6) is -0.226. The third-order valence-corrected chi connectivity index (χ3v) is 3.77. The molecule has 88 valence electrons. The first kappa shape index (κ1) is 11.5. The molecular weight excluding hydrogens is 224 g/mol. The van der Waals surface area contributed by atoms with Crippen LogP contribution >= 0.6 is 11.3 Å². The molecule has 0 aromatic carbocycles. The Bertz CT molecular complexity index is 334. The van der Waals surface area contributed by atoms with Gasteiger partial charge in [-0.2, -0.15) is 0 Å². The summed E-state index contributed by atoms with van der Waals surface area (Å²) >= 11 is 1.48. The number of ether oxygens (including phenoxy) is 1. The number of hydrogen-bond acceptors (Lipinski definition) is 5. The third kappa shape index (κ3) is 2.59. The van der Waals surface area contributed by atoms with E-state index in [1.807, 2.05) is 0 Å². The summed E-state index contributed by atoms with van der Waals surface area (Å²) in [6.07, 6.45) is 6.51. The number of rotatable bonds is 4. The lowest BCUT2D eigenvalue weighted by Crippen LogP contribution is -2.35. The minimum absolute atomic E-state index is 0.226. The number of nitrogens with one attached hydrogen (secondary N) is 1. The van der Waals surface area contributed by atoms with Gasteiger partial charge in [-0.15, -0.1) is 11.3 Å². The number of esters is 1. The number of hydrogen-bond donors (Lipinski definition) is 1. The molecule has 1 aliphatic carbocycles. The van der Waals surface area contributed by atoms with Crippen molar-refractivity contribution in [1.82, 2.24) is 10.3 Å². The van der Waals surface area contributed by atoms with Crippen molar-refractivity contribution in [3.05, 3.63) is 16.6 Å². The highest BCUT2D eigenvalue weighted by atomic mass is 32.1. The molecule has 1 N–H and O–H groups in total. The van der Waals surface area contributed by atoms with E-state index >= 15 is 0 Å². The molecule has 5 heteroatoms. The maximum Gasteiger partial charge on any atom is 0.328 e. The molecule has 0 amide bonds. The number of thiazole rings is 1. The van der Waals surface area contributed by atoms with Crippen molar-refractivity contribution < 1.29 is 9.53 Å². The van der Waals surface area contributed by atoms with Gasteiger partial charge in [0, 0.05) is 12.2 Å². The van der Waals surface area contributed by atoms with Crippen LogP contribution in [0.3, 0.4) is 0 Å². The minimum atomic E-state index is -0.347. The van der Waals surface area contributed by atoms with Crippen LogP contribution in [0.2, 0.25) is 0 Å². The van der Waals surface area contributed by atoms with Crippen LogP contribution in [-0.2, 0) is 9.53 Å². The number of carbonyl (C=O) groups is 1. The lowest BCUT2D eigenvalue weighted by Gasteiger charge is -2.19. The molecule has 0 saturated heterocycles. The zero-order valence-corrected chi connectivity index (χ0v) is 10.1. The van der Waals surface area contributed by atoms with Crippen molar-refractivity contribution in [2.24, 2.45) is 0 Å². The molecule has 0 bridgehead atoms. The Balaban J connectivity index is 2.05. The van der Waals surface area contributed by atoms with Gasteiger partial charge in [0.25, 0.3) is 0 Å². The predicted molar refractivity (Wildman–Crippen MR) is 62.3 cm³/mol. The van der Waals surface area contributed by atoms with E-state index in [2.05, 4.69) is 10.3 Å². The maximum absolute atomic E-state index is 11.7. The van der Waals surface area contributed by atoms with Gasteiger partial charge in [-0.3, -0.25) is 10.3 Å². The van der Waals surface area contributed by atoms with E-state index in [-0.39, 0.29) is 12.0 Å². The van der Waals surface area contributed by atoms with Crippen LogP contribution in [0.5, 0.6) is 0 Å². The Morgan fingerprint density at radius 2 is 2.38 bits per heavy atom. The second-order valence-electron chi connectivity index (χ2n) is 4.01. The summed E-state index contributed by atoms with van der Waals surface area (Å²) in [6.45, 7) is 0. The van der Waals surface area contributed by atoms with Crippen LogP contribution < -0.4 is 5.32 Å². The van der Waals surface area contributed by atoms with Gasteiger partial charge in [0.2, 0.25) is 0 Å². The molecule has 1 aliphatic rings. The van der Waals surface area contributed by atoms with Crippen LogP contribution in [0.25, 0.3) is 0 Å². The van der Waals surface area contributed by atoms with Gasteiger partial charge in [0.05, 0.1) is 17.5 Å². The second-order valence-corrected chi connectivity index (χ2v) is 4.93. The fourth-order valence-electron chi connectivity index (χ4n) is 2.08. The van der Waals surface area contributed by atoms with E-state index in [0.29, 0.717) is 6.04 Å². The van der Waals surface area contributed by atoms with Crippen molar-refractivity contribution >= 4 is 17.3 Å². The van der Waals surface area contributed by atoms with Gasteiger partial charge in [0.15, 0.2) is 0 Å². The first-order chi connectivity index (χ1) is 7.81. The average Bonchev–Trinajstić information content (AvgIpc) is 2.97. The monoisotopic (exact) mass is 240 g/mol. The standard InChI is InChI=1S/C11H16N2O2S/c1-15-11(14)10(9-6-12-7-16-9)13-8-4-2-3-5-8/h6-8,10,13H,2-5H2,1H3. The van der Waals surface area contributed by atoms with Gasteiger partial charge in [0.1, 0.15) is 6.04 Å². The zero-order chi connectivity index (χ0) is 11.4. The highest BCUT2D eigenvalue weighted by molar-refractivity contribution is 7.09. The summed E-state index contributed by atoms with van der Waals surface area (Å²) in [5, 5.41) is 3.36. The lowest BCUT2D eigenvalue weighted by atomic mass is 10.2. The normalized spacial score (nSPS) is 18.6. The molecule has 1 atom stereocenters. The summed E-state index contributed by atoms with van der Waals surface area (Å²) < 4.78 is 4.82. The fourth-order valence-corrected chi connectivity index (χ4v) is 2.75. The van der Waals surface area contributed by atoms with Crippen molar-refractivity contribution in [2.45, 2.75) is 37.8 Å². The number of carbonyl (C=O) groups excluding carboxylic acids is 1. The molecule has 1 saturated carbocycles. The molecule has 1 unspecified atom stereocenters. The van der Waals surface area contributed by atoms with Gasteiger partial charge in [-0.1, -0.05) is 12.8 Å². The lowest BCUT2D eigenvalue weighted by molar-refractivity contribution is -0.143. The van der Waals surface area contributed by atoms with Crippen molar-refractivity contribution in [1.29, 1.82) is 0 Å². The largest absolute Gasteiger partial charge is 0.468 e. The van der Waals surface area contributed by atoms with E-state index < -0.39 is 0 Å². The van der Waals surface area contributed by atoms with Gasteiger partial charge in [-0.05, 0) is 12.8 Å². The Hall–Kier alpha value is -0.940. The van der Waals surface area contributed by atoms with Crippen LogP contribution in [0, 0.1) is 0 Å². The average molecular weight is 240 g/mol. The SMILES string of the molecule is COC(=O)C(NC1CCCC1)c1cncs1. The molecule has 0 aliphatic heterocycles. The van der Waals surface area contributed by atoms with E-state index in [0.717, 1.165) is 17.7 Å². The summed E-state index contributed by atoms with van der Waals surface area (Å²) in [4.78, 5) is 16.6. The zero-order valence-electron chi connectivity index (χ0n) is 9.31. The summed E-state index contributed by atoms with van der Waals surface area (Å²) in [7, 11) is 1.42. The first-order valence-electron chi connectivity index (χ1n) is 5.53. The Morgan fingerprint density at radius 3 is 2.94 bits per heavy atom. The molecule has 0 spiro atoms. The number of nitrogens with zero attached hydrogens (tertiary/aromatic N) is 1. The molecule has 16 heavy (non-hydrogen) atoms. The fraction of sp³-hybridized carbons (Fsp3) is 0.636. The Kier molecular flexibility index (Phi) is 3.90. The summed E-state index contributed by atoms with van der Waals surface area (Å²) in [5.41, 5.74) is 1.74. The first-order valence-corrected chi connectivity index (χ1v) is 6.41. The minimum Gasteiger partial charge on any atom is -0.468 e. The van der Waals surface area contributed by atoms with Crippen molar-refractivity contribution in [3.8, 4) is 0 Å². The maximum atomic E-state index is 11.7. The molecule has 4 nitrogen and oxygen atoms in total. The quantitative estimate of drug-likeness (QED) is 0.817.